The molecule has 2 aromatic rings. The molecule has 0 fully saturated rings. The number of rotatable bonds is 2. The maximum absolute atomic E-state index is 11.3. The Kier molecular flexibility index (Phi) is 2.77. The van der Waals surface area contributed by atoms with Gasteiger partial charge in [-0.2, -0.15) is 0 Å². The molecule has 4 heteroatoms. The zero-order valence-electron chi connectivity index (χ0n) is 8.33. The molecule has 78 valence electrons. The predicted molar refractivity (Wildman–Crippen MR) is 63.5 cm³/mol. The molecule has 1 aromatic heterocycles. The van der Waals surface area contributed by atoms with E-state index in [1.165, 1.54) is 0 Å². The molecule has 3 nitrogen and oxygen atoms in total. The van der Waals surface area contributed by atoms with Crippen molar-refractivity contribution in [3.63, 3.8) is 0 Å². The molecule has 0 aliphatic heterocycles. The van der Waals surface area contributed by atoms with Crippen LogP contribution < -0.4 is 5.56 Å². The summed E-state index contributed by atoms with van der Waals surface area (Å²) in [5.74, 6) is 0. The lowest BCUT2D eigenvalue weighted by Gasteiger charge is -2.08. The summed E-state index contributed by atoms with van der Waals surface area (Å²) < 4.78 is 2.78. The largest absolute Gasteiger partial charge is 0.268 e. The summed E-state index contributed by atoms with van der Waals surface area (Å²) >= 11 is 3.46. The highest BCUT2D eigenvalue weighted by Crippen LogP contribution is 2.20. The van der Waals surface area contributed by atoms with Crippen LogP contribution in [0.4, 0.5) is 0 Å². The van der Waals surface area contributed by atoms with Crippen molar-refractivity contribution in [2.45, 2.75) is 13.3 Å². The van der Waals surface area contributed by atoms with Crippen LogP contribution in [0.5, 0.6) is 0 Å². The lowest BCUT2D eigenvalue weighted by Crippen LogP contribution is -2.05. The Balaban J connectivity index is 2.63. The SMILES string of the molecule is CCc1cc(=O)[nH]n1-c1ccccc1Br. The van der Waals surface area contributed by atoms with E-state index >= 15 is 0 Å². The first-order valence-electron chi connectivity index (χ1n) is 4.78. The van der Waals surface area contributed by atoms with Crippen LogP contribution in [-0.4, -0.2) is 9.78 Å². The summed E-state index contributed by atoms with van der Waals surface area (Å²) in [6.07, 6.45) is 0.820. The van der Waals surface area contributed by atoms with Gasteiger partial charge in [0.05, 0.1) is 5.69 Å². The summed E-state index contributed by atoms with van der Waals surface area (Å²) in [5.41, 5.74) is 1.87. The Morgan fingerprint density at radius 3 is 2.80 bits per heavy atom. The topological polar surface area (TPSA) is 37.8 Å². The van der Waals surface area contributed by atoms with Gasteiger partial charge in [-0.1, -0.05) is 19.1 Å². The van der Waals surface area contributed by atoms with Gasteiger partial charge in [-0.15, -0.1) is 0 Å². The smallest absolute Gasteiger partial charge is 0.264 e. The Morgan fingerprint density at radius 1 is 1.40 bits per heavy atom. The van der Waals surface area contributed by atoms with E-state index in [1.807, 2.05) is 35.9 Å². The second-order valence-corrected chi connectivity index (χ2v) is 4.11. The Morgan fingerprint density at radius 2 is 2.13 bits per heavy atom. The van der Waals surface area contributed by atoms with E-state index in [0.717, 1.165) is 22.3 Å². The van der Waals surface area contributed by atoms with Crippen LogP contribution in [0.15, 0.2) is 39.6 Å². The van der Waals surface area contributed by atoms with Crippen molar-refractivity contribution < 1.29 is 0 Å². The maximum Gasteiger partial charge on any atom is 0.264 e. The van der Waals surface area contributed by atoms with Gasteiger partial charge < -0.3 is 0 Å². The lowest BCUT2D eigenvalue weighted by molar-refractivity contribution is 0.802. The first-order valence-corrected chi connectivity index (χ1v) is 5.57. The number of halogens is 1. The lowest BCUT2D eigenvalue weighted by atomic mass is 10.3. The van der Waals surface area contributed by atoms with Gasteiger partial charge >= 0.3 is 0 Å². The van der Waals surface area contributed by atoms with Crippen molar-refractivity contribution in [1.29, 1.82) is 0 Å². The zero-order valence-corrected chi connectivity index (χ0v) is 9.91. The van der Waals surface area contributed by atoms with E-state index in [-0.39, 0.29) is 5.56 Å². The van der Waals surface area contributed by atoms with E-state index in [9.17, 15) is 4.79 Å². The van der Waals surface area contributed by atoms with Gasteiger partial charge in [0, 0.05) is 16.2 Å². The standard InChI is InChI=1S/C11H11BrN2O/c1-2-8-7-11(15)13-14(8)10-6-4-3-5-9(10)12/h3-7H,2H2,1H3,(H,13,15). The molecule has 1 heterocycles. The van der Waals surface area contributed by atoms with Gasteiger partial charge in [-0.05, 0) is 34.5 Å². The Labute approximate surface area is 95.9 Å². The Hall–Kier alpha value is -1.29. The Bertz CT molecular complexity index is 527. The van der Waals surface area contributed by atoms with E-state index < -0.39 is 0 Å². The van der Waals surface area contributed by atoms with E-state index in [4.69, 9.17) is 0 Å². The van der Waals surface area contributed by atoms with Crippen molar-refractivity contribution in [2.75, 3.05) is 0 Å². The average Bonchev–Trinajstić information content (AvgIpc) is 2.60. The molecule has 0 aliphatic carbocycles. The molecular weight excluding hydrogens is 256 g/mol. The molecule has 0 spiro atoms. The fourth-order valence-corrected chi connectivity index (χ4v) is 2.00. The third-order valence-corrected chi connectivity index (χ3v) is 2.93. The molecule has 1 aromatic carbocycles. The number of aromatic nitrogens is 2. The van der Waals surface area contributed by atoms with Gasteiger partial charge in [0.2, 0.25) is 0 Å². The van der Waals surface area contributed by atoms with Crippen LogP contribution in [0.1, 0.15) is 12.6 Å². The minimum atomic E-state index is -0.0670. The number of nitrogens with one attached hydrogen (secondary N) is 1. The van der Waals surface area contributed by atoms with Crippen molar-refractivity contribution in [3.8, 4) is 5.69 Å². The third kappa shape index (κ3) is 1.90. The fourth-order valence-electron chi connectivity index (χ4n) is 1.54. The second-order valence-electron chi connectivity index (χ2n) is 3.25. The molecule has 0 saturated carbocycles. The number of H-pyrrole nitrogens is 1. The zero-order chi connectivity index (χ0) is 10.8. The van der Waals surface area contributed by atoms with Crippen LogP contribution in [0.25, 0.3) is 5.69 Å². The monoisotopic (exact) mass is 266 g/mol. The molecule has 2 rings (SSSR count). The summed E-state index contributed by atoms with van der Waals surface area (Å²) in [7, 11) is 0. The summed E-state index contributed by atoms with van der Waals surface area (Å²) in [5, 5.41) is 2.78. The van der Waals surface area contributed by atoms with Gasteiger partial charge in [-0.25, -0.2) is 0 Å². The van der Waals surface area contributed by atoms with Gasteiger partial charge in [0.1, 0.15) is 0 Å². The van der Waals surface area contributed by atoms with Crippen LogP contribution in [-0.2, 0) is 6.42 Å². The molecule has 0 atom stereocenters. The quantitative estimate of drug-likeness (QED) is 0.891. The van der Waals surface area contributed by atoms with Gasteiger partial charge in [0.15, 0.2) is 0 Å². The molecule has 0 radical (unpaired) electrons. The first-order chi connectivity index (χ1) is 7.22. The molecule has 0 amide bonds. The highest BCUT2D eigenvalue weighted by molar-refractivity contribution is 9.10. The number of para-hydroxylation sites is 1. The minimum absolute atomic E-state index is 0.0670. The first kappa shape index (κ1) is 10.2. The fraction of sp³-hybridized carbons (Fsp3) is 0.182. The average molecular weight is 267 g/mol. The van der Waals surface area contributed by atoms with E-state index in [2.05, 4.69) is 21.0 Å². The van der Waals surface area contributed by atoms with Crippen LogP contribution >= 0.6 is 15.9 Å². The molecule has 15 heavy (non-hydrogen) atoms. The number of aryl methyl sites for hydroxylation is 1. The van der Waals surface area contributed by atoms with Gasteiger partial charge in [-0.3, -0.25) is 14.6 Å². The normalized spacial score (nSPS) is 10.5. The summed E-state index contributed by atoms with van der Waals surface area (Å²) in [6.45, 7) is 2.02. The molecule has 0 aliphatic rings. The van der Waals surface area contributed by atoms with Crippen molar-refractivity contribution in [3.05, 3.63) is 50.9 Å². The predicted octanol–water partition coefficient (Wildman–Crippen LogP) is 2.49. The van der Waals surface area contributed by atoms with Crippen molar-refractivity contribution in [2.24, 2.45) is 0 Å². The maximum atomic E-state index is 11.3. The molecular formula is C11H11BrN2O. The molecule has 0 saturated heterocycles. The molecule has 0 unspecified atom stereocenters. The van der Waals surface area contributed by atoms with E-state index in [0.29, 0.717) is 0 Å². The number of nitrogens with zero attached hydrogens (tertiary/aromatic N) is 1. The van der Waals surface area contributed by atoms with Crippen molar-refractivity contribution >= 4 is 15.9 Å². The third-order valence-electron chi connectivity index (χ3n) is 2.26. The number of hydrogen-bond donors (Lipinski definition) is 1. The number of hydrogen-bond acceptors (Lipinski definition) is 1. The second kappa shape index (κ2) is 4.06. The summed E-state index contributed by atoms with van der Waals surface area (Å²) in [6, 6.07) is 9.42. The molecule has 0 bridgehead atoms. The van der Waals surface area contributed by atoms with Crippen molar-refractivity contribution in [1.82, 2.24) is 9.78 Å². The number of aromatic amines is 1. The summed E-state index contributed by atoms with van der Waals surface area (Å²) in [4.78, 5) is 11.3. The molecule has 1 N–H and O–H groups in total. The van der Waals surface area contributed by atoms with Crippen LogP contribution in [0.3, 0.4) is 0 Å². The minimum Gasteiger partial charge on any atom is -0.268 e. The number of benzene rings is 1. The van der Waals surface area contributed by atoms with Crippen LogP contribution in [0, 0.1) is 0 Å². The van der Waals surface area contributed by atoms with Gasteiger partial charge in [0.25, 0.3) is 5.56 Å². The highest BCUT2D eigenvalue weighted by atomic mass is 79.9. The van der Waals surface area contributed by atoms with Crippen LogP contribution in [0.2, 0.25) is 0 Å². The van der Waals surface area contributed by atoms with E-state index in [1.54, 1.807) is 6.07 Å². The highest BCUT2D eigenvalue weighted by Gasteiger charge is 2.06.